The fourth-order valence-electron chi connectivity index (χ4n) is 2.55. The summed E-state index contributed by atoms with van der Waals surface area (Å²) in [6, 6.07) is 8.76. The first-order valence-corrected chi connectivity index (χ1v) is 10.4. The number of aromatic nitrogens is 4. The molecular weight excluding hydrogens is 433 g/mol. The maximum absolute atomic E-state index is 12.1. The van der Waals surface area contributed by atoms with Crippen LogP contribution in [0.2, 0.25) is 10.0 Å². The van der Waals surface area contributed by atoms with Crippen LogP contribution in [-0.4, -0.2) is 31.4 Å². The van der Waals surface area contributed by atoms with E-state index in [9.17, 15) is 4.79 Å². The molecule has 1 unspecified atom stereocenters. The second-order valence-corrected chi connectivity index (χ2v) is 8.08. The van der Waals surface area contributed by atoms with Gasteiger partial charge in [0.15, 0.2) is 17.1 Å². The third kappa shape index (κ3) is 5.62. The lowest BCUT2D eigenvalue weighted by molar-refractivity contribution is -0.113. The van der Waals surface area contributed by atoms with E-state index in [0.29, 0.717) is 26.8 Å². The topological polar surface area (TPSA) is 81.9 Å². The Morgan fingerprint density at radius 2 is 2.00 bits per heavy atom. The van der Waals surface area contributed by atoms with Crippen molar-refractivity contribution in [3.8, 4) is 5.75 Å². The number of rotatable bonds is 7. The van der Waals surface area contributed by atoms with E-state index in [2.05, 4.69) is 20.5 Å². The summed E-state index contributed by atoms with van der Waals surface area (Å²) in [6.45, 7) is 3.82. The Morgan fingerprint density at radius 3 is 2.69 bits per heavy atom. The Bertz CT molecular complexity index is 1010. The minimum absolute atomic E-state index is 0.168. The number of anilines is 1. The molecule has 152 valence electrons. The molecule has 0 aliphatic rings. The average molecular weight is 452 g/mol. The molecule has 0 aliphatic carbocycles. The molecular formula is C19H19Cl2N5O2S. The molecule has 0 saturated heterocycles. The van der Waals surface area contributed by atoms with E-state index in [1.165, 1.54) is 18.0 Å². The SMILES string of the molecule is Cc1cc(Cl)ccc1OC(C)c1nnc(SCC(=O)Nc2ccc(Cl)cn2)n1C. The van der Waals surface area contributed by atoms with Gasteiger partial charge in [-0.15, -0.1) is 10.2 Å². The fraction of sp³-hybridized carbons (Fsp3) is 0.263. The number of carbonyl (C=O) groups excluding carboxylic acids is 1. The quantitative estimate of drug-likeness (QED) is 0.524. The van der Waals surface area contributed by atoms with Crippen molar-refractivity contribution in [2.75, 3.05) is 11.1 Å². The highest BCUT2D eigenvalue weighted by atomic mass is 35.5. The highest BCUT2D eigenvalue weighted by Gasteiger charge is 2.19. The summed E-state index contributed by atoms with van der Waals surface area (Å²) in [7, 11) is 1.84. The van der Waals surface area contributed by atoms with Gasteiger partial charge in [-0.2, -0.15) is 0 Å². The van der Waals surface area contributed by atoms with Crippen LogP contribution < -0.4 is 10.1 Å². The first-order chi connectivity index (χ1) is 13.8. The lowest BCUT2D eigenvalue weighted by Gasteiger charge is -2.16. The van der Waals surface area contributed by atoms with Gasteiger partial charge < -0.3 is 14.6 Å². The van der Waals surface area contributed by atoms with E-state index in [1.54, 1.807) is 18.2 Å². The second kappa shape index (κ2) is 9.47. The monoisotopic (exact) mass is 451 g/mol. The van der Waals surface area contributed by atoms with E-state index in [0.717, 1.165) is 11.3 Å². The zero-order chi connectivity index (χ0) is 21.0. The van der Waals surface area contributed by atoms with Crippen LogP contribution in [0.3, 0.4) is 0 Å². The number of halogens is 2. The van der Waals surface area contributed by atoms with Gasteiger partial charge in [0.1, 0.15) is 11.6 Å². The third-order valence-corrected chi connectivity index (χ3v) is 5.48. The highest BCUT2D eigenvalue weighted by molar-refractivity contribution is 7.99. The molecule has 2 heterocycles. The van der Waals surface area contributed by atoms with Gasteiger partial charge in [-0.25, -0.2) is 4.98 Å². The average Bonchev–Trinajstić information content (AvgIpc) is 3.05. The number of pyridine rings is 1. The Hall–Kier alpha value is -2.29. The largest absolute Gasteiger partial charge is 0.482 e. The van der Waals surface area contributed by atoms with Gasteiger partial charge in [0.25, 0.3) is 0 Å². The predicted octanol–water partition coefficient (Wildman–Crippen LogP) is 4.70. The Balaban J connectivity index is 1.59. The first-order valence-electron chi connectivity index (χ1n) is 8.70. The van der Waals surface area contributed by atoms with Crippen LogP contribution in [0.15, 0.2) is 41.7 Å². The molecule has 0 saturated carbocycles. The second-order valence-electron chi connectivity index (χ2n) is 6.27. The molecule has 1 atom stereocenters. The predicted molar refractivity (Wildman–Crippen MR) is 115 cm³/mol. The number of amides is 1. The van der Waals surface area contributed by atoms with Crippen molar-refractivity contribution in [2.45, 2.75) is 25.1 Å². The summed E-state index contributed by atoms with van der Waals surface area (Å²) in [4.78, 5) is 16.2. The molecule has 0 bridgehead atoms. The molecule has 1 amide bonds. The number of benzene rings is 1. The molecule has 3 rings (SSSR count). The van der Waals surface area contributed by atoms with Crippen molar-refractivity contribution in [1.29, 1.82) is 0 Å². The number of ether oxygens (including phenoxy) is 1. The van der Waals surface area contributed by atoms with Gasteiger partial charge in [-0.3, -0.25) is 4.79 Å². The van der Waals surface area contributed by atoms with Crippen LogP contribution in [0.1, 0.15) is 24.4 Å². The van der Waals surface area contributed by atoms with Crippen molar-refractivity contribution in [3.63, 3.8) is 0 Å². The van der Waals surface area contributed by atoms with Gasteiger partial charge in [0.05, 0.1) is 10.8 Å². The lowest BCUT2D eigenvalue weighted by Crippen LogP contribution is -2.15. The standard InChI is InChI=1S/C19H19Cl2N5O2S/c1-11-8-13(20)4-6-15(11)28-12(2)18-24-25-19(26(18)3)29-10-17(27)23-16-7-5-14(21)9-22-16/h4-9,12H,10H2,1-3H3,(H,22,23,27). The van der Waals surface area contributed by atoms with Crippen molar-refractivity contribution in [3.05, 3.63) is 58.0 Å². The number of carbonyl (C=O) groups is 1. The summed E-state index contributed by atoms with van der Waals surface area (Å²) in [5.74, 6) is 1.80. The summed E-state index contributed by atoms with van der Waals surface area (Å²) in [5.41, 5.74) is 0.939. The summed E-state index contributed by atoms with van der Waals surface area (Å²) >= 11 is 13.1. The van der Waals surface area contributed by atoms with Crippen LogP contribution in [0.4, 0.5) is 5.82 Å². The number of hydrogen-bond acceptors (Lipinski definition) is 6. The molecule has 3 aromatic rings. The van der Waals surface area contributed by atoms with Crippen LogP contribution in [0, 0.1) is 6.92 Å². The Kier molecular flexibility index (Phi) is 7.00. The van der Waals surface area contributed by atoms with E-state index in [4.69, 9.17) is 27.9 Å². The van der Waals surface area contributed by atoms with Crippen LogP contribution >= 0.6 is 35.0 Å². The van der Waals surface area contributed by atoms with E-state index in [1.807, 2.05) is 37.6 Å². The lowest BCUT2D eigenvalue weighted by atomic mass is 10.2. The number of nitrogens with one attached hydrogen (secondary N) is 1. The first kappa shape index (κ1) is 21.4. The number of hydrogen-bond donors (Lipinski definition) is 1. The third-order valence-electron chi connectivity index (χ3n) is 4.00. The minimum Gasteiger partial charge on any atom is -0.482 e. The fourth-order valence-corrected chi connectivity index (χ4v) is 3.61. The van der Waals surface area contributed by atoms with Gasteiger partial charge in [0, 0.05) is 18.3 Å². The van der Waals surface area contributed by atoms with Crippen molar-refractivity contribution in [1.82, 2.24) is 19.7 Å². The maximum atomic E-state index is 12.1. The highest BCUT2D eigenvalue weighted by Crippen LogP contribution is 2.27. The van der Waals surface area contributed by atoms with Crippen molar-refractivity contribution >= 4 is 46.7 Å². The summed E-state index contributed by atoms with van der Waals surface area (Å²) in [6.07, 6.45) is 1.15. The molecule has 2 aromatic heterocycles. The van der Waals surface area contributed by atoms with E-state index >= 15 is 0 Å². The molecule has 29 heavy (non-hydrogen) atoms. The van der Waals surface area contributed by atoms with Crippen LogP contribution in [0.25, 0.3) is 0 Å². The molecule has 0 radical (unpaired) electrons. The van der Waals surface area contributed by atoms with Crippen molar-refractivity contribution < 1.29 is 9.53 Å². The van der Waals surface area contributed by atoms with Crippen molar-refractivity contribution in [2.24, 2.45) is 7.05 Å². The number of nitrogens with zero attached hydrogens (tertiary/aromatic N) is 4. The zero-order valence-corrected chi connectivity index (χ0v) is 18.3. The summed E-state index contributed by atoms with van der Waals surface area (Å²) in [5, 5.41) is 12.9. The Labute approximate surface area is 182 Å². The molecule has 10 heteroatoms. The number of aryl methyl sites for hydroxylation is 1. The molecule has 7 nitrogen and oxygen atoms in total. The van der Waals surface area contributed by atoms with Gasteiger partial charge in [0.2, 0.25) is 5.91 Å². The Morgan fingerprint density at radius 1 is 1.24 bits per heavy atom. The maximum Gasteiger partial charge on any atom is 0.236 e. The molecule has 1 aromatic carbocycles. The van der Waals surface area contributed by atoms with Gasteiger partial charge in [-0.1, -0.05) is 35.0 Å². The number of thioether (sulfide) groups is 1. The summed E-state index contributed by atoms with van der Waals surface area (Å²) < 4.78 is 7.82. The normalized spacial score (nSPS) is 11.9. The van der Waals surface area contributed by atoms with E-state index < -0.39 is 0 Å². The molecule has 1 N–H and O–H groups in total. The molecule has 0 aliphatic heterocycles. The zero-order valence-electron chi connectivity index (χ0n) is 16.0. The van der Waals surface area contributed by atoms with E-state index in [-0.39, 0.29) is 17.8 Å². The molecule has 0 fully saturated rings. The van der Waals surface area contributed by atoms with Gasteiger partial charge in [-0.05, 0) is 49.7 Å². The van der Waals surface area contributed by atoms with Gasteiger partial charge >= 0.3 is 0 Å². The smallest absolute Gasteiger partial charge is 0.236 e. The van der Waals surface area contributed by atoms with Crippen LogP contribution in [-0.2, 0) is 11.8 Å². The minimum atomic E-state index is -0.325. The van der Waals surface area contributed by atoms with Crippen LogP contribution in [0.5, 0.6) is 5.75 Å². The molecule has 0 spiro atoms.